The van der Waals surface area contributed by atoms with Crippen molar-refractivity contribution in [3.05, 3.63) is 23.7 Å². The van der Waals surface area contributed by atoms with Gasteiger partial charge in [0.2, 0.25) is 11.5 Å². The van der Waals surface area contributed by atoms with Gasteiger partial charge in [0.15, 0.2) is 0 Å². The topological polar surface area (TPSA) is 84.2 Å². The Morgan fingerprint density at radius 2 is 1.39 bits per heavy atom. The highest BCUT2D eigenvalue weighted by Crippen LogP contribution is 2.16. The van der Waals surface area contributed by atoms with Crippen molar-refractivity contribution in [3.63, 3.8) is 0 Å². The van der Waals surface area contributed by atoms with Crippen LogP contribution >= 0.6 is 0 Å². The smallest absolute Gasteiger partial charge is 0.374 e. The molecule has 23 heavy (non-hydrogen) atoms. The van der Waals surface area contributed by atoms with Crippen LogP contribution in [0, 0.1) is 0 Å². The van der Waals surface area contributed by atoms with Gasteiger partial charge in [-0.3, -0.25) is 0 Å². The number of carbonyl (C=O) groups is 2. The summed E-state index contributed by atoms with van der Waals surface area (Å²) in [5.74, 6) is -1.27. The summed E-state index contributed by atoms with van der Waals surface area (Å²) in [4.78, 5) is 23.7. The molecule has 0 aromatic carbocycles. The molecular formula is C16H20O7. The maximum absolute atomic E-state index is 11.9. The summed E-state index contributed by atoms with van der Waals surface area (Å²) in [6.45, 7) is 1.78. The number of furan rings is 1. The Morgan fingerprint density at radius 3 is 1.78 bits per heavy atom. The minimum absolute atomic E-state index is 0.0212. The van der Waals surface area contributed by atoms with Crippen molar-refractivity contribution in [1.29, 1.82) is 0 Å². The number of carbonyl (C=O) groups excluding carboxylic acids is 2. The number of rotatable bonds is 6. The van der Waals surface area contributed by atoms with E-state index in [1.165, 1.54) is 12.1 Å². The van der Waals surface area contributed by atoms with Crippen molar-refractivity contribution < 1.29 is 33.0 Å². The van der Waals surface area contributed by atoms with Gasteiger partial charge in [0.05, 0.1) is 12.2 Å². The summed E-state index contributed by atoms with van der Waals surface area (Å²) < 4.78 is 26.2. The summed E-state index contributed by atoms with van der Waals surface area (Å²) in [6, 6.07) is 2.81. The van der Waals surface area contributed by atoms with Crippen LogP contribution in [0.25, 0.3) is 0 Å². The number of hydrogen-bond acceptors (Lipinski definition) is 7. The van der Waals surface area contributed by atoms with Crippen molar-refractivity contribution in [3.8, 4) is 0 Å². The van der Waals surface area contributed by atoms with Crippen LogP contribution in [0.5, 0.6) is 0 Å². The van der Waals surface area contributed by atoms with Crippen molar-refractivity contribution in [1.82, 2.24) is 0 Å². The van der Waals surface area contributed by atoms with E-state index in [1.807, 2.05) is 0 Å². The highest BCUT2D eigenvalue weighted by molar-refractivity contribution is 5.90. The Bertz CT molecular complexity index is 492. The van der Waals surface area contributed by atoms with Crippen LogP contribution in [-0.2, 0) is 18.9 Å². The summed E-state index contributed by atoms with van der Waals surface area (Å²) in [6.07, 6.45) is 3.61. The van der Waals surface area contributed by atoms with Gasteiger partial charge in [-0.2, -0.15) is 0 Å². The van der Waals surface area contributed by atoms with Gasteiger partial charge in [0.25, 0.3) is 0 Å². The molecule has 2 aliphatic heterocycles. The fourth-order valence-corrected chi connectivity index (χ4v) is 2.59. The molecule has 2 aliphatic rings. The van der Waals surface area contributed by atoms with E-state index in [4.69, 9.17) is 23.4 Å². The van der Waals surface area contributed by atoms with Crippen LogP contribution in [0.2, 0.25) is 0 Å². The zero-order valence-corrected chi connectivity index (χ0v) is 12.8. The van der Waals surface area contributed by atoms with Crippen LogP contribution < -0.4 is 0 Å². The fourth-order valence-electron chi connectivity index (χ4n) is 2.59. The van der Waals surface area contributed by atoms with Gasteiger partial charge in [-0.25, -0.2) is 9.59 Å². The van der Waals surface area contributed by atoms with Crippen LogP contribution in [0.1, 0.15) is 46.8 Å². The minimum Gasteiger partial charge on any atom is -0.457 e. The number of esters is 2. The van der Waals surface area contributed by atoms with Crippen LogP contribution in [0.15, 0.2) is 16.5 Å². The summed E-state index contributed by atoms with van der Waals surface area (Å²) in [7, 11) is 0. The lowest BCUT2D eigenvalue weighted by atomic mass is 10.2. The van der Waals surface area contributed by atoms with E-state index < -0.39 is 11.9 Å². The molecule has 0 saturated carbocycles. The zero-order chi connectivity index (χ0) is 16.1. The van der Waals surface area contributed by atoms with Crippen LogP contribution in [0.4, 0.5) is 0 Å². The van der Waals surface area contributed by atoms with E-state index in [1.54, 1.807) is 0 Å². The molecule has 2 fully saturated rings. The second-order valence-corrected chi connectivity index (χ2v) is 5.63. The van der Waals surface area contributed by atoms with Crippen LogP contribution in [-0.4, -0.2) is 50.6 Å². The zero-order valence-electron chi connectivity index (χ0n) is 12.8. The molecule has 2 unspecified atom stereocenters. The lowest BCUT2D eigenvalue weighted by Crippen LogP contribution is -2.18. The average Bonchev–Trinajstić information content (AvgIpc) is 3.32. The predicted molar refractivity (Wildman–Crippen MR) is 77.2 cm³/mol. The van der Waals surface area contributed by atoms with Gasteiger partial charge < -0.3 is 23.4 Å². The molecule has 126 valence electrons. The second-order valence-electron chi connectivity index (χ2n) is 5.63. The molecule has 0 aliphatic carbocycles. The van der Waals surface area contributed by atoms with Crippen molar-refractivity contribution >= 4 is 11.9 Å². The lowest BCUT2D eigenvalue weighted by molar-refractivity contribution is 0.0108. The second kappa shape index (κ2) is 7.61. The van der Waals surface area contributed by atoms with E-state index in [9.17, 15) is 9.59 Å². The van der Waals surface area contributed by atoms with Crippen LogP contribution in [0.3, 0.4) is 0 Å². The highest BCUT2D eigenvalue weighted by Gasteiger charge is 2.23. The van der Waals surface area contributed by atoms with E-state index >= 15 is 0 Å². The number of ether oxygens (including phenoxy) is 4. The summed E-state index contributed by atoms with van der Waals surface area (Å²) in [5.41, 5.74) is 0. The van der Waals surface area contributed by atoms with E-state index in [0.29, 0.717) is 13.2 Å². The van der Waals surface area contributed by atoms with Crippen molar-refractivity contribution in [2.45, 2.75) is 37.9 Å². The Balaban J connectivity index is 1.46. The molecule has 1 aromatic rings. The highest BCUT2D eigenvalue weighted by atomic mass is 16.6. The molecule has 7 nitrogen and oxygen atoms in total. The molecule has 0 amide bonds. The quantitative estimate of drug-likeness (QED) is 0.739. The molecule has 2 saturated heterocycles. The Hall–Kier alpha value is -1.86. The van der Waals surface area contributed by atoms with Crippen molar-refractivity contribution in [2.24, 2.45) is 0 Å². The first-order valence-electron chi connectivity index (χ1n) is 7.89. The van der Waals surface area contributed by atoms with Gasteiger partial charge in [0.1, 0.15) is 13.2 Å². The average molecular weight is 324 g/mol. The molecule has 0 N–H and O–H groups in total. The summed E-state index contributed by atoms with van der Waals surface area (Å²) in [5, 5.41) is 0. The monoisotopic (exact) mass is 324 g/mol. The van der Waals surface area contributed by atoms with Gasteiger partial charge in [0, 0.05) is 13.2 Å². The molecular weight excluding hydrogens is 304 g/mol. The maximum atomic E-state index is 11.9. The molecule has 3 heterocycles. The SMILES string of the molecule is O=C(OCC1CCCO1)c1ccc(C(=O)OCC2CCCO2)o1. The Labute approximate surface area is 133 Å². The van der Waals surface area contributed by atoms with Gasteiger partial charge in [-0.15, -0.1) is 0 Å². The normalized spacial score (nSPS) is 23.8. The van der Waals surface area contributed by atoms with Gasteiger partial charge in [-0.1, -0.05) is 0 Å². The van der Waals surface area contributed by atoms with E-state index in [-0.39, 0.29) is 36.9 Å². The number of hydrogen-bond donors (Lipinski definition) is 0. The third-order valence-electron chi connectivity index (χ3n) is 3.86. The maximum Gasteiger partial charge on any atom is 0.374 e. The lowest BCUT2D eigenvalue weighted by Gasteiger charge is -2.09. The molecule has 0 radical (unpaired) electrons. The first-order chi connectivity index (χ1) is 11.2. The fraction of sp³-hybridized carbons (Fsp3) is 0.625. The molecule has 2 atom stereocenters. The minimum atomic E-state index is -0.612. The third kappa shape index (κ3) is 4.33. The predicted octanol–water partition coefficient (Wildman–Crippen LogP) is 1.95. The first kappa shape index (κ1) is 16.0. The van der Waals surface area contributed by atoms with Gasteiger partial charge >= 0.3 is 11.9 Å². The molecule has 0 bridgehead atoms. The van der Waals surface area contributed by atoms with E-state index in [0.717, 1.165) is 25.7 Å². The molecule has 1 aromatic heterocycles. The molecule has 7 heteroatoms. The Morgan fingerprint density at radius 1 is 0.913 bits per heavy atom. The molecule has 0 spiro atoms. The first-order valence-corrected chi connectivity index (χ1v) is 7.89. The van der Waals surface area contributed by atoms with Gasteiger partial charge in [-0.05, 0) is 37.8 Å². The largest absolute Gasteiger partial charge is 0.457 e. The summed E-state index contributed by atoms with van der Waals surface area (Å²) >= 11 is 0. The molecule has 3 rings (SSSR count). The van der Waals surface area contributed by atoms with Crippen molar-refractivity contribution in [2.75, 3.05) is 26.4 Å². The third-order valence-corrected chi connectivity index (χ3v) is 3.86. The van der Waals surface area contributed by atoms with E-state index in [2.05, 4.69) is 0 Å². The standard InChI is InChI=1S/C16H20O7/c17-15(21-9-11-3-1-7-19-11)13-5-6-14(23-13)16(18)22-10-12-4-2-8-20-12/h5-6,11-12H,1-4,7-10H2. The Kier molecular flexibility index (Phi) is 5.30.